The van der Waals surface area contributed by atoms with E-state index in [9.17, 15) is 19.2 Å². The number of benzene rings is 3. The SMILES string of the molecule is COc1cc(/C=C2\C(=O)NC(=O)N(c3cc(C)cc(C)c3)C2=O)c(Br)cc1OCc1ccc(C(=O)O)cc1. The zero-order valence-electron chi connectivity index (χ0n) is 20.7. The molecule has 1 fully saturated rings. The van der Waals surface area contributed by atoms with Gasteiger partial charge in [-0.15, -0.1) is 0 Å². The van der Waals surface area contributed by atoms with Crippen molar-refractivity contribution in [1.29, 1.82) is 0 Å². The fourth-order valence-corrected chi connectivity index (χ4v) is 4.40. The van der Waals surface area contributed by atoms with E-state index in [4.69, 9.17) is 14.6 Å². The minimum absolute atomic E-state index is 0.150. The number of ether oxygens (including phenoxy) is 2. The van der Waals surface area contributed by atoms with Crippen LogP contribution in [0.2, 0.25) is 0 Å². The van der Waals surface area contributed by atoms with Gasteiger partial charge in [-0.1, -0.05) is 34.1 Å². The Kier molecular flexibility index (Phi) is 7.63. The molecule has 10 heteroatoms. The topological polar surface area (TPSA) is 122 Å². The normalized spacial score (nSPS) is 14.5. The van der Waals surface area contributed by atoms with Crippen LogP contribution in [0.4, 0.5) is 10.5 Å². The number of aromatic carboxylic acids is 1. The van der Waals surface area contributed by atoms with Gasteiger partial charge in [-0.2, -0.15) is 0 Å². The molecule has 1 heterocycles. The number of halogens is 1. The number of hydrogen-bond acceptors (Lipinski definition) is 6. The van der Waals surface area contributed by atoms with Gasteiger partial charge in [-0.05, 0) is 78.6 Å². The van der Waals surface area contributed by atoms with E-state index in [1.165, 1.54) is 25.3 Å². The Bertz CT molecular complexity index is 1480. The van der Waals surface area contributed by atoms with E-state index in [1.54, 1.807) is 36.4 Å². The van der Waals surface area contributed by atoms with Gasteiger partial charge in [0.2, 0.25) is 0 Å². The number of methoxy groups -OCH3 is 1. The number of carbonyl (C=O) groups excluding carboxylic acids is 3. The number of imide groups is 2. The monoisotopic (exact) mass is 578 g/mol. The third-order valence-corrected chi connectivity index (χ3v) is 6.43. The minimum Gasteiger partial charge on any atom is -0.493 e. The maximum absolute atomic E-state index is 13.3. The van der Waals surface area contributed by atoms with Crippen LogP contribution in [0.1, 0.15) is 32.6 Å². The summed E-state index contributed by atoms with van der Waals surface area (Å²) in [4.78, 5) is 50.5. The van der Waals surface area contributed by atoms with Crippen LogP contribution in [0.5, 0.6) is 11.5 Å². The second-order valence-corrected chi connectivity index (χ2v) is 9.47. The van der Waals surface area contributed by atoms with Crippen molar-refractivity contribution in [3.8, 4) is 11.5 Å². The lowest BCUT2D eigenvalue weighted by Crippen LogP contribution is -2.54. The van der Waals surface area contributed by atoms with Crippen LogP contribution in [0.15, 0.2) is 64.6 Å². The summed E-state index contributed by atoms with van der Waals surface area (Å²) in [5.41, 5.74) is 3.24. The Hall–Kier alpha value is -4.44. The van der Waals surface area contributed by atoms with Crippen LogP contribution in [-0.2, 0) is 16.2 Å². The number of carboxylic acid groups (broad SMARTS) is 1. The van der Waals surface area contributed by atoms with Gasteiger partial charge in [0.25, 0.3) is 11.8 Å². The van der Waals surface area contributed by atoms with E-state index in [2.05, 4.69) is 21.2 Å². The number of urea groups is 1. The number of carbonyl (C=O) groups is 4. The van der Waals surface area contributed by atoms with E-state index >= 15 is 0 Å². The van der Waals surface area contributed by atoms with Gasteiger partial charge in [-0.25, -0.2) is 14.5 Å². The Morgan fingerprint density at radius 1 is 1.00 bits per heavy atom. The molecule has 0 aliphatic carbocycles. The molecule has 1 aliphatic heterocycles. The summed E-state index contributed by atoms with van der Waals surface area (Å²) in [6.45, 7) is 3.85. The second-order valence-electron chi connectivity index (χ2n) is 8.62. The number of aryl methyl sites for hydroxylation is 2. The highest BCUT2D eigenvalue weighted by molar-refractivity contribution is 9.10. The molecule has 194 valence electrons. The molecule has 1 saturated heterocycles. The lowest BCUT2D eigenvalue weighted by Gasteiger charge is -2.27. The number of barbiturate groups is 1. The second kappa shape index (κ2) is 10.9. The predicted octanol–water partition coefficient (Wildman–Crippen LogP) is 5.02. The Labute approximate surface area is 226 Å². The average Bonchev–Trinajstić information content (AvgIpc) is 2.85. The Morgan fingerprint density at radius 3 is 2.26 bits per heavy atom. The molecule has 4 rings (SSSR count). The maximum Gasteiger partial charge on any atom is 0.335 e. The first-order valence-corrected chi connectivity index (χ1v) is 12.2. The van der Waals surface area contributed by atoms with Gasteiger partial charge in [-0.3, -0.25) is 14.9 Å². The van der Waals surface area contributed by atoms with Gasteiger partial charge >= 0.3 is 12.0 Å². The number of nitrogens with one attached hydrogen (secondary N) is 1. The number of amides is 4. The van der Waals surface area contributed by atoms with Crippen LogP contribution < -0.4 is 19.7 Å². The third-order valence-electron chi connectivity index (χ3n) is 5.74. The van der Waals surface area contributed by atoms with Gasteiger partial charge < -0.3 is 14.6 Å². The summed E-state index contributed by atoms with van der Waals surface area (Å²) in [5.74, 6) is -1.85. The fourth-order valence-electron chi connectivity index (χ4n) is 3.97. The van der Waals surface area contributed by atoms with Crippen molar-refractivity contribution in [2.75, 3.05) is 12.0 Å². The Morgan fingerprint density at radius 2 is 1.66 bits per heavy atom. The van der Waals surface area contributed by atoms with E-state index in [1.807, 2.05) is 19.9 Å². The largest absolute Gasteiger partial charge is 0.493 e. The molecule has 3 aromatic carbocycles. The van der Waals surface area contributed by atoms with Crippen molar-refractivity contribution in [1.82, 2.24) is 5.32 Å². The molecule has 0 aromatic heterocycles. The standard InChI is InChI=1S/C28H23BrN2O7/c1-15-8-16(2)10-20(9-15)31-26(33)21(25(32)30-28(31)36)11-19-12-23(37-3)24(13-22(19)29)38-14-17-4-6-18(7-5-17)27(34)35/h4-13H,14H2,1-3H3,(H,34,35)(H,30,32,36)/b21-11+. The smallest absolute Gasteiger partial charge is 0.335 e. The first-order chi connectivity index (χ1) is 18.1. The van der Waals surface area contributed by atoms with Crippen molar-refractivity contribution < 1.29 is 33.8 Å². The zero-order valence-corrected chi connectivity index (χ0v) is 22.3. The highest BCUT2D eigenvalue weighted by Gasteiger charge is 2.37. The summed E-state index contributed by atoms with van der Waals surface area (Å²) in [5, 5.41) is 11.3. The summed E-state index contributed by atoms with van der Waals surface area (Å²) in [6, 6.07) is 14.0. The van der Waals surface area contributed by atoms with E-state index in [0.29, 0.717) is 27.2 Å². The number of nitrogens with zero attached hydrogens (tertiary/aromatic N) is 1. The molecule has 0 bridgehead atoms. The molecule has 0 radical (unpaired) electrons. The van der Waals surface area contributed by atoms with Gasteiger partial charge in [0.1, 0.15) is 12.2 Å². The maximum atomic E-state index is 13.3. The molecule has 0 unspecified atom stereocenters. The minimum atomic E-state index is -1.01. The molecule has 2 N–H and O–H groups in total. The molecular weight excluding hydrogens is 556 g/mol. The zero-order chi connectivity index (χ0) is 27.6. The number of rotatable bonds is 7. The molecule has 4 amide bonds. The first kappa shape index (κ1) is 26.6. The Balaban J connectivity index is 1.62. The summed E-state index contributed by atoms with van der Waals surface area (Å²) in [7, 11) is 1.45. The van der Waals surface area contributed by atoms with Crippen LogP contribution in [0.25, 0.3) is 6.08 Å². The number of carboxylic acids is 1. The van der Waals surface area contributed by atoms with Crippen molar-refractivity contribution >= 4 is 51.5 Å². The van der Waals surface area contributed by atoms with Crippen LogP contribution in [0.3, 0.4) is 0 Å². The quantitative estimate of drug-likeness (QED) is 0.298. The molecule has 1 aliphatic rings. The first-order valence-electron chi connectivity index (χ1n) is 11.4. The van der Waals surface area contributed by atoms with Crippen LogP contribution in [-0.4, -0.2) is 36.0 Å². The highest BCUT2D eigenvalue weighted by atomic mass is 79.9. The van der Waals surface area contributed by atoms with Crippen molar-refractivity contribution in [2.24, 2.45) is 0 Å². The predicted molar refractivity (Wildman–Crippen MR) is 143 cm³/mol. The van der Waals surface area contributed by atoms with E-state index in [0.717, 1.165) is 21.6 Å². The third kappa shape index (κ3) is 5.60. The van der Waals surface area contributed by atoms with Gasteiger partial charge in [0.05, 0.1) is 18.4 Å². The van der Waals surface area contributed by atoms with Crippen LogP contribution in [0, 0.1) is 13.8 Å². The molecular formula is C28H23BrN2O7. The summed E-state index contributed by atoms with van der Waals surface area (Å²) in [6.07, 6.45) is 1.38. The van der Waals surface area contributed by atoms with Crippen molar-refractivity contribution in [2.45, 2.75) is 20.5 Å². The van der Waals surface area contributed by atoms with Gasteiger partial charge in [0, 0.05) is 4.47 Å². The number of hydrogen-bond donors (Lipinski definition) is 2. The van der Waals surface area contributed by atoms with Crippen molar-refractivity contribution in [3.63, 3.8) is 0 Å². The lowest BCUT2D eigenvalue weighted by molar-refractivity contribution is -0.122. The lowest BCUT2D eigenvalue weighted by atomic mass is 10.0. The average molecular weight is 579 g/mol. The molecule has 38 heavy (non-hydrogen) atoms. The molecule has 0 spiro atoms. The number of anilines is 1. The van der Waals surface area contributed by atoms with E-state index in [-0.39, 0.29) is 17.7 Å². The summed E-state index contributed by atoms with van der Waals surface area (Å²) < 4.78 is 11.8. The fraction of sp³-hybridized carbons (Fsp3) is 0.143. The molecule has 0 saturated carbocycles. The molecule has 3 aromatic rings. The summed E-state index contributed by atoms with van der Waals surface area (Å²) >= 11 is 3.45. The van der Waals surface area contributed by atoms with Crippen molar-refractivity contribution in [3.05, 3.63) is 92.5 Å². The van der Waals surface area contributed by atoms with E-state index < -0.39 is 23.8 Å². The molecule has 9 nitrogen and oxygen atoms in total. The highest BCUT2D eigenvalue weighted by Crippen LogP contribution is 2.36. The van der Waals surface area contributed by atoms with Crippen LogP contribution >= 0.6 is 15.9 Å². The molecule has 0 atom stereocenters. The van der Waals surface area contributed by atoms with Gasteiger partial charge in [0.15, 0.2) is 11.5 Å².